The molecular formula is C13H22N2O8. The summed E-state index contributed by atoms with van der Waals surface area (Å²) in [5.41, 5.74) is 0. The molecule has 23 heavy (non-hydrogen) atoms. The van der Waals surface area contributed by atoms with Gasteiger partial charge in [0.05, 0.1) is 26.2 Å². The van der Waals surface area contributed by atoms with Gasteiger partial charge < -0.3 is 20.4 Å². The van der Waals surface area contributed by atoms with Gasteiger partial charge in [0.15, 0.2) is 0 Å². The van der Waals surface area contributed by atoms with Crippen molar-refractivity contribution in [2.45, 2.75) is 19.3 Å². The van der Waals surface area contributed by atoms with Crippen molar-refractivity contribution in [3.8, 4) is 0 Å². The fraction of sp³-hybridized carbons (Fsp3) is 0.692. The number of unbranched alkanes of at least 4 members (excludes halogenated alkanes) is 2. The Morgan fingerprint density at radius 1 is 0.522 bits per heavy atom. The number of carbonyl (C=O) groups is 4. The zero-order valence-corrected chi connectivity index (χ0v) is 12.7. The standard InChI is InChI=1S/C13H22N2O8/c16-10(17)6-14(7-11(18)19)4-2-1-3-5-15(8-12(20)21)9-13(22)23/h1-9H2,(H,16,17)(H,18,19)(H,20,21)(H,22,23). The summed E-state index contributed by atoms with van der Waals surface area (Å²) in [5.74, 6) is -4.44. The molecule has 0 fully saturated rings. The van der Waals surface area contributed by atoms with Gasteiger partial charge in [0.25, 0.3) is 0 Å². The summed E-state index contributed by atoms with van der Waals surface area (Å²) in [6.07, 6.45) is 1.68. The van der Waals surface area contributed by atoms with Crippen LogP contribution >= 0.6 is 0 Å². The van der Waals surface area contributed by atoms with E-state index in [2.05, 4.69) is 0 Å². The van der Waals surface area contributed by atoms with Crippen molar-refractivity contribution < 1.29 is 39.6 Å². The summed E-state index contributed by atoms with van der Waals surface area (Å²) >= 11 is 0. The summed E-state index contributed by atoms with van der Waals surface area (Å²) in [4.78, 5) is 45.1. The van der Waals surface area contributed by atoms with Crippen LogP contribution in [0.4, 0.5) is 0 Å². The molecule has 0 aromatic carbocycles. The van der Waals surface area contributed by atoms with E-state index in [1.807, 2.05) is 0 Å². The van der Waals surface area contributed by atoms with Crippen LogP contribution in [0.15, 0.2) is 0 Å². The van der Waals surface area contributed by atoms with Gasteiger partial charge >= 0.3 is 23.9 Å². The minimum absolute atomic E-state index is 0.288. The highest BCUT2D eigenvalue weighted by Gasteiger charge is 2.14. The second-order valence-electron chi connectivity index (χ2n) is 5.06. The number of hydrogen-bond donors (Lipinski definition) is 4. The van der Waals surface area contributed by atoms with E-state index in [0.717, 1.165) is 0 Å². The van der Waals surface area contributed by atoms with Crippen molar-refractivity contribution in [2.75, 3.05) is 39.3 Å². The minimum atomic E-state index is -1.11. The maximum atomic E-state index is 10.6. The van der Waals surface area contributed by atoms with Crippen LogP contribution in [-0.4, -0.2) is 93.4 Å². The second kappa shape index (κ2) is 11.4. The normalized spacial score (nSPS) is 10.9. The van der Waals surface area contributed by atoms with E-state index < -0.39 is 23.9 Å². The van der Waals surface area contributed by atoms with Gasteiger partial charge in [0.1, 0.15) is 0 Å². The molecule has 0 aromatic rings. The van der Waals surface area contributed by atoms with Gasteiger partial charge in [-0.3, -0.25) is 29.0 Å². The lowest BCUT2D eigenvalue weighted by Crippen LogP contribution is -2.36. The first-order chi connectivity index (χ1) is 10.7. The molecule has 0 saturated carbocycles. The Morgan fingerprint density at radius 3 is 1.00 bits per heavy atom. The van der Waals surface area contributed by atoms with Gasteiger partial charge in [0, 0.05) is 0 Å². The van der Waals surface area contributed by atoms with Crippen molar-refractivity contribution in [2.24, 2.45) is 0 Å². The smallest absolute Gasteiger partial charge is 0.317 e. The molecule has 0 aliphatic heterocycles. The van der Waals surface area contributed by atoms with Crippen LogP contribution in [0, 0.1) is 0 Å². The molecule has 10 nitrogen and oxygen atoms in total. The van der Waals surface area contributed by atoms with Gasteiger partial charge in [-0.2, -0.15) is 0 Å². The van der Waals surface area contributed by atoms with E-state index in [0.29, 0.717) is 19.3 Å². The van der Waals surface area contributed by atoms with Crippen LogP contribution in [0.2, 0.25) is 0 Å². The molecule has 0 rings (SSSR count). The van der Waals surface area contributed by atoms with Gasteiger partial charge in [-0.1, -0.05) is 6.42 Å². The van der Waals surface area contributed by atoms with E-state index in [4.69, 9.17) is 20.4 Å². The van der Waals surface area contributed by atoms with Crippen LogP contribution in [-0.2, 0) is 19.2 Å². The highest BCUT2D eigenvalue weighted by Crippen LogP contribution is 2.02. The van der Waals surface area contributed by atoms with Crippen molar-refractivity contribution in [3.63, 3.8) is 0 Å². The number of carboxylic acids is 4. The van der Waals surface area contributed by atoms with Gasteiger partial charge in [-0.25, -0.2) is 0 Å². The molecule has 0 unspecified atom stereocenters. The molecule has 132 valence electrons. The predicted molar refractivity (Wildman–Crippen MR) is 77.3 cm³/mol. The van der Waals surface area contributed by atoms with Crippen molar-refractivity contribution in [1.82, 2.24) is 9.80 Å². The van der Waals surface area contributed by atoms with Crippen molar-refractivity contribution in [3.05, 3.63) is 0 Å². The largest absolute Gasteiger partial charge is 0.480 e. The van der Waals surface area contributed by atoms with Crippen LogP contribution in [0.5, 0.6) is 0 Å². The Bertz CT molecular complexity index is 356. The van der Waals surface area contributed by atoms with E-state index in [9.17, 15) is 19.2 Å². The molecule has 0 aliphatic rings. The van der Waals surface area contributed by atoms with Crippen molar-refractivity contribution in [1.29, 1.82) is 0 Å². The molecule has 0 aromatic heterocycles. The molecule has 10 heteroatoms. The quantitative estimate of drug-likeness (QED) is 0.293. The molecule has 0 atom stereocenters. The van der Waals surface area contributed by atoms with Crippen LogP contribution in [0.25, 0.3) is 0 Å². The highest BCUT2D eigenvalue weighted by molar-refractivity contribution is 5.73. The molecule has 0 bridgehead atoms. The first-order valence-corrected chi connectivity index (χ1v) is 7.02. The maximum Gasteiger partial charge on any atom is 0.317 e. The fourth-order valence-electron chi connectivity index (χ4n) is 2.04. The lowest BCUT2D eigenvalue weighted by molar-refractivity contribution is -0.143. The molecule has 0 radical (unpaired) electrons. The lowest BCUT2D eigenvalue weighted by Gasteiger charge is -2.19. The minimum Gasteiger partial charge on any atom is -0.480 e. The van der Waals surface area contributed by atoms with Gasteiger partial charge in [-0.05, 0) is 25.9 Å². The summed E-state index contributed by atoms with van der Waals surface area (Å²) in [7, 11) is 0. The molecule has 0 aliphatic carbocycles. The predicted octanol–water partition coefficient (Wildman–Crippen LogP) is -0.901. The molecule has 0 saturated heterocycles. The third kappa shape index (κ3) is 13.2. The second-order valence-corrected chi connectivity index (χ2v) is 5.06. The van der Waals surface area contributed by atoms with Gasteiger partial charge in [0.2, 0.25) is 0 Å². The number of rotatable bonds is 14. The number of hydrogen-bond acceptors (Lipinski definition) is 6. The number of aliphatic carboxylic acids is 4. The Labute approximate surface area is 132 Å². The van der Waals surface area contributed by atoms with E-state index >= 15 is 0 Å². The summed E-state index contributed by atoms with van der Waals surface area (Å²) < 4.78 is 0. The zero-order chi connectivity index (χ0) is 17.8. The number of nitrogens with zero attached hydrogens (tertiary/aromatic N) is 2. The molecular weight excluding hydrogens is 312 g/mol. The Hall–Kier alpha value is -2.20. The monoisotopic (exact) mass is 334 g/mol. The summed E-state index contributed by atoms with van der Waals surface area (Å²) in [6, 6.07) is 0. The lowest BCUT2D eigenvalue weighted by atomic mass is 10.2. The van der Waals surface area contributed by atoms with Crippen LogP contribution in [0.3, 0.4) is 0 Å². The summed E-state index contributed by atoms with van der Waals surface area (Å²) in [6.45, 7) is -0.882. The van der Waals surface area contributed by atoms with E-state index in [-0.39, 0.29) is 39.3 Å². The Morgan fingerprint density at radius 2 is 0.783 bits per heavy atom. The van der Waals surface area contributed by atoms with Crippen molar-refractivity contribution >= 4 is 23.9 Å². The van der Waals surface area contributed by atoms with E-state index in [1.54, 1.807) is 0 Å². The Balaban J connectivity index is 4.09. The molecule has 0 heterocycles. The summed E-state index contributed by atoms with van der Waals surface area (Å²) in [5, 5.41) is 34.8. The van der Waals surface area contributed by atoms with Crippen LogP contribution < -0.4 is 0 Å². The zero-order valence-electron chi connectivity index (χ0n) is 12.7. The maximum absolute atomic E-state index is 10.6. The molecule has 0 amide bonds. The molecule has 4 N–H and O–H groups in total. The SMILES string of the molecule is O=C(O)CN(CCCCCN(CC(=O)O)CC(=O)O)CC(=O)O. The average Bonchev–Trinajstić information content (AvgIpc) is 2.34. The van der Waals surface area contributed by atoms with Gasteiger partial charge in [-0.15, -0.1) is 0 Å². The first kappa shape index (κ1) is 20.8. The topological polar surface area (TPSA) is 156 Å². The third-order valence-corrected chi connectivity index (χ3v) is 2.88. The van der Waals surface area contributed by atoms with E-state index in [1.165, 1.54) is 9.80 Å². The average molecular weight is 334 g/mol. The Kier molecular flexibility index (Phi) is 10.3. The van der Waals surface area contributed by atoms with Crippen LogP contribution in [0.1, 0.15) is 19.3 Å². The first-order valence-electron chi connectivity index (χ1n) is 7.02. The third-order valence-electron chi connectivity index (χ3n) is 2.88. The fourth-order valence-corrected chi connectivity index (χ4v) is 2.04. The highest BCUT2D eigenvalue weighted by atomic mass is 16.4. The molecule has 0 spiro atoms. The number of carboxylic acid groups (broad SMARTS) is 4.